The summed E-state index contributed by atoms with van der Waals surface area (Å²) in [6.07, 6.45) is 0. The number of rotatable bonds is 6. The predicted octanol–water partition coefficient (Wildman–Crippen LogP) is 1.60. The van der Waals surface area contributed by atoms with Crippen LogP contribution in [0.3, 0.4) is 0 Å². The minimum absolute atomic E-state index is 0.0433. The monoisotopic (exact) mass is 321 g/mol. The Balaban J connectivity index is 2.30. The molecule has 8 heteroatoms. The Morgan fingerprint density at radius 2 is 2.27 bits per heavy atom. The zero-order valence-corrected chi connectivity index (χ0v) is 13.8. The summed E-state index contributed by atoms with van der Waals surface area (Å²) in [4.78, 5) is 11.9. The van der Waals surface area contributed by atoms with E-state index in [1.165, 1.54) is 11.8 Å². The van der Waals surface area contributed by atoms with Crippen molar-refractivity contribution in [1.29, 1.82) is 0 Å². The van der Waals surface area contributed by atoms with Crippen LogP contribution in [0, 0.1) is 6.92 Å². The summed E-state index contributed by atoms with van der Waals surface area (Å²) < 4.78 is 6.95. The summed E-state index contributed by atoms with van der Waals surface area (Å²) >= 11 is 1.30. The van der Waals surface area contributed by atoms with Crippen LogP contribution in [0.2, 0.25) is 0 Å². The number of benzene rings is 1. The first-order valence-corrected chi connectivity index (χ1v) is 7.82. The summed E-state index contributed by atoms with van der Waals surface area (Å²) in [7, 11) is 1.60. The van der Waals surface area contributed by atoms with Gasteiger partial charge >= 0.3 is 0 Å². The van der Waals surface area contributed by atoms with Crippen molar-refractivity contribution in [2.24, 2.45) is 0 Å². The van der Waals surface area contributed by atoms with E-state index in [2.05, 4.69) is 20.8 Å². The third kappa shape index (κ3) is 3.56. The van der Waals surface area contributed by atoms with Crippen molar-refractivity contribution in [3.05, 3.63) is 23.8 Å². The van der Waals surface area contributed by atoms with Crippen LogP contribution < -0.4 is 10.1 Å². The van der Waals surface area contributed by atoms with E-state index in [9.17, 15) is 4.79 Å². The van der Waals surface area contributed by atoms with Gasteiger partial charge in [-0.1, -0.05) is 17.8 Å². The summed E-state index contributed by atoms with van der Waals surface area (Å²) in [5, 5.41) is 14.8. The molecule has 0 spiro atoms. The lowest BCUT2D eigenvalue weighted by Gasteiger charge is -2.12. The average molecular weight is 321 g/mol. The summed E-state index contributed by atoms with van der Waals surface area (Å²) in [5.41, 5.74) is 1.82. The average Bonchev–Trinajstić information content (AvgIpc) is 2.95. The highest BCUT2D eigenvalue weighted by Gasteiger charge is 2.20. The van der Waals surface area contributed by atoms with Crippen molar-refractivity contribution in [1.82, 2.24) is 25.5 Å². The predicted molar refractivity (Wildman–Crippen MR) is 84.4 cm³/mol. The standard InChI is InChI=1S/C14H19N5O2S/c1-5-15-13(20)10(3)22-14-16-17-18-19(14)11-8-9(2)6-7-12(11)21-4/h6-8,10H,5H2,1-4H3,(H,15,20)/t10-/m1/s1. The van der Waals surface area contributed by atoms with E-state index in [0.717, 1.165) is 11.3 Å². The first-order valence-electron chi connectivity index (χ1n) is 6.94. The van der Waals surface area contributed by atoms with Gasteiger partial charge in [-0.05, 0) is 48.9 Å². The van der Waals surface area contributed by atoms with Crippen LogP contribution >= 0.6 is 11.8 Å². The molecule has 1 amide bonds. The van der Waals surface area contributed by atoms with Gasteiger partial charge in [0.2, 0.25) is 11.1 Å². The normalized spacial score (nSPS) is 12.0. The molecule has 0 aliphatic heterocycles. The first kappa shape index (κ1) is 16.3. The van der Waals surface area contributed by atoms with Gasteiger partial charge < -0.3 is 10.1 Å². The Labute approximate surface area is 133 Å². The van der Waals surface area contributed by atoms with E-state index < -0.39 is 0 Å². The van der Waals surface area contributed by atoms with Gasteiger partial charge in [0.15, 0.2) is 0 Å². The van der Waals surface area contributed by atoms with Crippen molar-refractivity contribution >= 4 is 17.7 Å². The van der Waals surface area contributed by atoms with Crippen LogP contribution in [0.4, 0.5) is 0 Å². The number of hydrogen-bond donors (Lipinski definition) is 1. The summed E-state index contributed by atoms with van der Waals surface area (Å²) in [5.74, 6) is 0.628. The number of amides is 1. The molecule has 22 heavy (non-hydrogen) atoms. The van der Waals surface area contributed by atoms with E-state index in [4.69, 9.17) is 4.74 Å². The van der Waals surface area contributed by atoms with Crippen molar-refractivity contribution in [3.63, 3.8) is 0 Å². The zero-order valence-electron chi connectivity index (χ0n) is 13.0. The Bertz CT molecular complexity index is 658. The maximum atomic E-state index is 11.9. The van der Waals surface area contributed by atoms with Crippen LogP contribution in [0.5, 0.6) is 5.75 Å². The Hall–Kier alpha value is -2.09. The molecule has 0 saturated carbocycles. The van der Waals surface area contributed by atoms with Crippen molar-refractivity contribution < 1.29 is 9.53 Å². The van der Waals surface area contributed by atoms with Crippen LogP contribution in [-0.4, -0.2) is 45.0 Å². The maximum Gasteiger partial charge on any atom is 0.233 e. The second-order valence-corrected chi connectivity index (χ2v) is 6.01. The summed E-state index contributed by atoms with van der Waals surface area (Å²) in [6, 6.07) is 5.76. The number of carbonyl (C=O) groups is 1. The highest BCUT2D eigenvalue weighted by atomic mass is 32.2. The largest absolute Gasteiger partial charge is 0.494 e. The number of ether oxygens (including phenoxy) is 1. The van der Waals surface area contributed by atoms with Crippen LogP contribution in [0.25, 0.3) is 5.69 Å². The van der Waals surface area contributed by atoms with Gasteiger partial charge in [0.05, 0.1) is 12.4 Å². The van der Waals surface area contributed by atoms with Crippen molar-refractivity contribution in [2.75, 3.05) is 13.7 Å². The molecule has 7 nitrogen and oxygen atoms in total. The second kappa shape index (κ2) is 7.26. The second-order valence-electron chi connectivity index (χ2n) is 4.70. The van der Waals surface area contributed by atoms with Crippen LogP contribution in [-0.2, 0) is 4.79 Å². The molecule has 1 N–H and O–H groups in total. The first-order chi connectivity index (χ1) is 10.6. The van der Waals surface area contributed by atoms with Gasteiger partial charge in [0.25, 0.3) is 0 Å². The minimum Gasteiger partial charge on any atom is -0.494 e. The molecule has 1 atom stereocenters. The molecule has 118 valence electrons. The molecule has 2 rings (SSSR count). The maximum absolute atomic E-state index is 11.9. The Kier molecular flexibility index (Phi) is 5.37. The zero-order chi connectivity index (χ0) is 16.1. The van der Waals surface area contributed by atoms with Gasteiger partial charge in [-0.3, -0.25) is 4.79 Å². The molecule has 2 aromatic rings. The SMILES string of the molecule is CCNC(=O)[C@@H](C)Sc1nnnn1-c1cc(C)ccc1OC. The van der Waals surface area contributed by atoms with E-state index >= 15 is 0 Å². The van der Waals surface area contributed by atoms with E-state index in [0.29, 0.717) is 17.5 Å². The lowest BCUT2D eigenvalue weighted by atomic mass is 10.2. The molecule has 0 radical (unpaired) electrons. The number of nitrogens with zero attached hydrogens (tertiary/aromatic N) is 4. The molecule has 0 fully saturated rings. The Morgan fingerprint density at radius 3 is 2.95 bits per heavy atom. The van der Waals surface area contributed by atoms with Crippen molar-refractivity contribution in [2.45, 2.75) is 31.2 Å². The molecule has 0 saturated heterocycles. The fourth-order valence-corrected chi connectivity index (χ4v) is 2.72. The van der Waals surface area contributed by atoms with Gasteiger partial charge in [-0.25, -0.2) is 0 Å². The van der Waals surface area contributed by atoms with E-state index in [-0.39, 0.29) is 11.2 Å². The fraction of sp³-hybridized carbons (Fsp3) is 0.429. The number of carbonyl (C=O) groups excluding carboxylic acids is 1. The number of hydrogen-bond acceptors (Lipinski definition) is 6. The fourth-order valence-electron chi connectivity index (χ4n) is 1.90. The van der Waals surface area contributed by atoms with Gasteiger partial charge in [0, 0.05) is 6.54 Å². The molecule has 0 aliphatic carbocycles. The third-order valence-electron chi connectivity index (χ3n) is 3.01. The summed E-state index contributed by atoms with van der Waals surface area (Å²) in [6.45, 7) is 6.29. The number of methoxy groups -OCH3 is 1. The van der Waals surface area contributed by atoms with Gasteiger partial charge in [0.1, 0.15) is 11.4 Å². The van der Waals surface area contributed by atoms with Gasteiger partial charge in [-0.2, -0.15) is 4.68 Å². The number of tetrazole rings is 1. The molecule has 0 bridgehead atoms. The number of nitrogens with one attached hydrogen (secondary N) is 1. The van der Waals surface area contributed by atoms with E-state index in [1.807, 2.05) is 39.0 Å². The molecule has 1 aromatic carbocycles. The lowest BCUT2D eigenvalue weighted by Crippen LogP contribution is -2.30. The van der Waals surface area contributed by atoms with Gasteiger partial charge in [-0.15, -0.1) is 5.10 Å². The van der Waals surface area contributed by atoms with Crippen LogP contribution in [0.15, 0.2) is 23.4 Å². The number of aryl methyl sites for hydroxylation is 1. The lowest BCUT2D eigenvalue weighted by molar-refractivity contribution is -0.120. The molecule has 0 aliphatic rings. The third-order valence-corrected chi connectivity index (χ3v) is 4.04. The Morgan fingerprint density at radius 1 is 1.50 bits per heavy atom. The topological polar surface area (TPSA) is 81.9 Å². The number of thioether (sulfide) groups is 1. The molecule has 1 heterocycles. The van der Waals surface area contributed by atoms with Crippen molar-refractivity contribution in [3.8, 4) is 11.4 Å². The quantitative estimate of drug-likeness (QED) is 0.814. The molecular formula is C14H19N5O2S. The molecule has 1 aromatic heterocycles. The smallest absolute Gasteiger partial charge is 0.233 e. The van der Waals surface area contributed by atoms with Crippen LogP contribution in [0.1, 0.15) is 19.4 Å². The number of aromatic nitrogens is 4. The minimum atomic E-state index is -0.291. The molecule has 0 unspecified atom stereocenters. The highest BCUT2D eigenvalue weighted by Crippen LogP contribution is 2.28. The van der Waals surface area contributed by atoms with E-state index in [1.54, 1.807) is 11.8 Å². The molecular weight excluding hydrogens is 302 g/mol. The highest BCUT2D eigenvalue weighted by molar-refractivity contribution is 8.00.